The number of aryl methyl sites for hydroxylation is 1. The summed E-state index contributed by atoms with van der Waals surface area (Å²) >= 11 is 0. The van der Waals surface area contributed by atoms with Gasteiger partial charge in [0.05, 0.1) is 11.6 Å². The third kappa shape index (κ3) is 3.17. The smallest absolute Gasteiger partial charge is 0.257 e. The van der Waals surface area contributed by atoms with Gasteiger partial charge in [0.25, 0.3) is 5.89 Å². The van der Waals surface area contributed by atoms with Crippen LogP contribution in [0.5, 0.6) is 0 Å². The quantitative estimate of drug-likeness (QED) is 0.711. The molecule has 1 aliphatic rings. The summed E-state index contributed by atoms with van der Waals surface area (Å²) in [5.41, 5.74) is 2.64. The fraction of sp³-hybridized carbons (Fsp3) is 0.200. The maximum absolute atomic E-state index is 13.6. The summed E-state index contributed by atoms with van der Waals surface area (Å²) in [6.45, 7) is 2.21. The molecule has 1 aromatic heterocycles. The summed E-state index contributed by atoms with van der Waals surface area (Å²) in [4.78, 5) is 18.4. The van der Waals surface area contributed by atoms with Gasteiger partial charge in [0.1, 0.15) is 5.82 Å². The van der Waals surface area contributed by atoms with Crippen molar-refractivity contribution in [2.75, 3.05) is 11.4 Å². The van der Waals surface area contributed by atoms with Crippen LogP contribution in [0.3, 0.4) is 0 Å². The van der Waals surface area contributed by atoms with Gasteiger partial charge in [-0.2, -0.15) is 10.2 Å². The van der Waals surface area contributed by atoms with Crippen LogP contribution in [0.15, 0.2) is 47.0 Å². The van der Waals surface area contributed by atoms with Crippen LogP contribution in [-0.4, -0.2) is 22.6 Å². The van der Waals surface area contributed by atoms with Crippen LogP contribution in [0.1, 0.15) is 29.3 Å². The number of nitrogens with zero attached hydrogens (tertiary/aromatic N) is 4. The van der Waals surface area contributed by atoms with E-state index in [0.29, 0.717) is 35.1 Å². The molecule has 27 heavy (non-hydrogen) atoms. The fourth-order valence-corrected chi connectivity index (χ4v) is 3.19. The van der Waals surface area contributed by atoms with E-state index in [4.69, 9.17) is 9.78 Å². The van der Waals surface area contributed by atoms with Crippen LogP contribution in [-0.2, 0) is 4.79 Å². The Morgan fingerprint density at radius 3 is 2.78 bits per heavy atom. The topological polar surface area (TPSA) is 83.0 Å². The molecule has 2 heterocycles. The lowest BCUT2D eigenvalue weighted by atomic mass is 10.1. The summed E-state index contributed by atoms with van der Waals surface area (Å²) in [7, 11) is 0. The molecule has 134 valence electrons. The highest BCUT2D eigenvalue weighted by molar-refractivity contribution is 5.97. The van der Waals surface area contributed by atoms with Gasteiger partial charge < -0.3 is 9.42 Å². The van der Waals surface area contributed by atoms with Crippen LogP contribution in [0.4, 0.5) is 10.1 Å². The molecular formula is C20H15FN4O2. The molecule has 7 heteroatoms. The zero-order valence-electron chi connectivity index (χ0n) is 14.5. The van der Waals surface area contributed by atoms with E-state index in [1.807, 2.05) is 6.92 Å². The second kappa shape index (κ2) is 6.65. The lowest BCUT2D eigenvalue weighted by Crippen LogP contribution is -2.25. The van der Waals surface area contributed by atoms with Gasteiger partial charge in [-0.1, -0.05) is 11.2 Å². The molecule has 4 rings (SSSR count). The number of amides is 1. The number of rotatable bonds is 3. The second-order valence-corrected chi connectivity index (χ2v) is 6.48. The van der Waals surface area contributed by atoms with Crippen LogP contribution in [0, 0.1) is 24.1 Å². The van der Waals surface area contributed by atoms with Gasteiger partial charge in [-0.3, -0.25) is 4.79 Å². The first-order valence-electron chi connectivity index (χ1n) is 8.46. The number of carbonyl (C=O) groups excluding carboxylic acids is 1. The van der Waals surface area contributed by atoms with Crippen molar-refractivity contribution in [2.24, 2.45) is 0 Å². The Labute approximate surface area is 154 Å². The van der Waals surface area contributed by atoms with E-state index in [-0.39, 0.29) is 24.1 Å². The minimum absolute atomic E-state index is 0.0987. The molecule has 1 atom stereocenters. The van der Waals surface area contributed by atoms with Gasteiger partial charge in [0.2, 0.25) is 5.91 Å². The first-order chi connectivity index (χ1) is 13.0. The summed E-state index contributed by atoms with van der Waals surface area (Å²) < 4.78 is 18.9. The van der Waals surface area contributed by atoms with Crippen molar-refractivity contribution < 1.29 is 13.7 Å². The Balaban J connectivity index is 1.57. The van der Waals surface area contributed by atoms with Crippen molar-refractivity contribution in [3.05, 3.63) is 65.2 Å². The number of benzene rings is 2. The molecule has 0 spiro atoms. The van der Waals surface area contributed by atoms with Crippen molar-refractivity contribution >= 4 is 11.6 Å². The zero-order valence-corrected chi connectivity index (χ0v) is 14.5. The highest BCUT2D eigenvalue weighted by Crippen LogP contribution is 2.33. The normalized spacial score (nSPS) is 16.6. The van der Waals surface area contributed by atoms with E-state index >= 15 is 0 Å². The van der Waals surface area contributed by atoms with Crippen molar-refractivity contribution in [2.45, 2.75) is 19.3 Å². The Bertz CT molecular complexity index is 1050. The Kier molecular flexibility index (Phi) is 4.16. The van der Waals surface area contributed by atoms with E-state index in [2.05, 4.69) is 16.2 Å². The minimum Gasteiger partial charge on any atom is -0.334 e. The summed E-state index contributed by atoms with van der Waals surface area (Å²) in [5.74, 6) is 0.0746. The molecule has 1 aliphatic heterocycles. The van der Waals surface area contributed by atoms with E-state index < -0.39 is 0 Å². The number of anilines is 1. The lowest BCUT2D eigenvalue weighted by Gasteiger charge is -2.18. The SMILES string of the molecule is Cc1ccc(F)cc1N1CC(c2noc(-c3ccc(C#N)cc3)n2)CC1=O. The highest BCUT2D eigenvalue weighted by atomic mass is 19.1. The number of aromatic nitrogens is 2. The molecule has 1 amide bonds. The van der Waals surface area contributed by atoms with Crippen molar-refractivity contribution in [3.63, 3.8) is 0 Å². The largest absolute Gasteiger partial charge is 0.334 e. The van der Waals surface area contributed by atoms with Crippen molar-refractivity contribution in [3.8, 4) is 17.5 Å². The molecule has 1 fully saturated rings. The first-order valence-corrected chi connectivity index (χ1v) is 8.46. The molecule has 0 aliphatic carbocycles. The summed E-state index contributed by atoms with van der Waals surface area (Å²) in [5, 5.41) is 12.9. The van der Waals surface area contributed by atoms with Gasteiger partial charge in [-0.25, -0.2) is 4.39 Å². The van der Waals surface area contributed by atoms with Gasteiger partial charge in [-0.15, -0.1) is 0 Å². The highest BCUT2D eigenvalue weighted by Gasteiger charge is 2.35. The van der Waals surface area contributed by atoms with E-state index in [1.165, 1.54) is 12.1 Å². The Morgan fingerprint density at radius 1 is 1.26 bits per heavy atom. The monoisotopic (exact) mass is 362 g/mol. The molecule has 1 saturated heterocycles. The fourth-order valence-electron chi connectivity index (χ4n) is 3.19. The Morgan fingerprint density at radius 2 is 2.04 bits per heavy atom. The second-order valence-electron chi connectivity index (χ2n) is 6.48. The zero-order chi connectivity index (χ0) is 19.0. The predicted molar refractivity (Wildman–Crippen MR) is 95.3 cm³/mol. The molecule has 0 N–H and O–H groups in total. The standard InChI is InChI=1S/C20H15FN4O2/c1-12-2-7-16(21)9-17(12)25-11-15(8-18(25)26)19-23-20(27-24-19)14-5-3-13(10-22)4-6-14/h2-7,9,15H,8,11H2,1H3. The summed E-state index contributed by atoms with van der Waals surface area (Å²) in [6.07, 6.45) is 0.238. The van der Waals surface area contributed by atoms with Crippen LogP contribution in [0.25, 0.3) is 11.5 Å². The van der Waals surface area contributed by atoms with E-state index in [1.54, 1.807) is 35.2 Å². The maximum Gasteiger partial charge on any atom is 0.257 e. The summed E-state index contributed by atoms with van der Waals surface area (Å²) in [6, 6.07) is 13.3. The minimum atomic E-state index is -0.380. The van der Waals surface area contributed by atoms with Crippen LogP contribution in [0.2, 0.25) is 0 Å². The molecule has 0 bridgehead atoms. The van der Waals surface area contributed by atoms with Gasteiger partial charge >= 0.3 is 0 Å². The predicted octanol–water partition coefficient (Wildman–Crippen LogP) is 3.58. The number of halogens is 1. The average Bonchev–Trinajstić information content (AvgIpc) is 3.31. The average molecular weight is 362 g/mol. The first kappa shape index (κ1) is 16.9. The third-order valence-corrected chi connectivity index (χ3v) is 4.65. The number of nitriles is 1. The van der Waals surface area contributed by atoms with Crippen molar-refractivity contribution in [1.29, 1.82) is 5.26 Å². The molecule has 1 unspecified atom stereocenters. The van der Waals surface area contributed by atoms with Crippen LogP contribution >= 0.6 is 0 Å². The number of hydrogen-bond acceptors (Lipinski definition) is 5. The van der Waals surface area contributed by atoms with Crippen LogP contribution < -0.4 is 4.90 Å². The molecule has 0 saturated carbocycles. The Hall–Kier alpha value is -3.53. The third-order valence-electron chi connectivity index (χ3n) is 4.65. The maximum atomic E-state index is 13.6. The number of hydrogen-bond donors (Lipinski definition) is 0. The number of carbonyl (C=O) groups is 1. The molecule has 2 aromatic carbocycles. The van der Waals surface area contributed by atoms with Crippen molar-refractivity contribution in [1.82, 2.24) is 10.1 Å². The lowest BCUT2D eigenvalue weighted by molar-refractivity contribution is -0.117. The molecule has 3 aromatic rings. The molecular weight excluding hydrogens is 347 g/mol. The molecule has 6 nitrogen and oxygen atoms in total. The van der Waals surface area contributed by atoms with Gasteiger partial charge in [0.15, 0.2) is 5.82 Å². The molecule has 0 radical (unpaired) electrons. The van der Waals surface area contributed by atoms with Gasteiger partial charge in [0, 0.05) is 30.1 Å². The van der Waals surface area contributed by atoms with Gasteiger partial charge in [-0.05, 0) is 48.9 Å². The van der Waals surface area contributed by atoms with E-state index in [0.717, 1.165) is 5.56 Å². The van der Waals surface area contributed by atoms with E-state index in [9.17, 15) is 9.18 Å².